The second-order valence-corrected chi connectivity index (χ2v) is 5.58. The van der Waals surface area contributed by atoms with Crippen molar-refractivity contribution in [2.45, 2.75) is 26.3 Å². The maximum atomic E-state index is 11.9. The van der Waals surface area contributed by atoms with Crippen molar-refractivity contribution < 1.29 is 4.79 Å². The van der Waals surface area contributed by atoms with Crippen molar-refractivity contribution in [2.75, 3.05) is 11.5 Å². The smallest absolute Gasteiger partial charge is 0.254 e. The lowest BCUT2D eigenvalue weighted by atomic mass is 10.2. The van der Waals surface area contributed by atoms with Crippen molar-refractivity contribution in [3.63, 3.8) is 0 Å². The van der Waals surface area contributed by atoms with Gasteiger partial charge in [-0.1, -0.05) is 19.1 Å². The van der Waals surface area contributed by atoms with Crippen LogP contribution < -0.4 is 5.32 Å². The van der Waals surface area contributed by atoms with Crippen LogP contribution in [-0.4, -0.2) is 28.4 Å². The quantitative estimate of drug-likeness (QED) is 0.617. The molecule has 1 heterocycles. The molecule has 0 aliphatic rings. The fourth-order valence-corrected chi connectivity index (χ4v) is 2.42. The summed E-state index contributed by atoms with van der Waals surface area (Å²) >= 11 is 6.95. The summed E-state index contributed by atoms with van der Waals surface area (Å²) in [6, 6.07) is 3.69. The molecule has 17 heavy (non-hydrogen) atoms. The first-order valence-electron chi connectivity index (χ1n) is 5.71. The third kappa shape index (κ3) is 4.91. The molecule has 2 N–H and O–H groups in total. The summed E-state index contributed by atoms with van der Waals surface area (Å²) in [4.78, 5) is 14.8. The Kier molecular flexibility index (Phi) is 6.29. The number of H-pyrrole nitrogens is 1. The second kappa shape index (κ2) is 7.50. The molecule has 0 saturated carbocycles. The molecule has 0 unspecified atom stereocenters. The molecule has 0 aliphatic carbocycles. The molecule has 0 bridgehead atoms. The fraction of sp³-hybridized carbons (Fsp3) is 0.500. The van der Waals surface area contributed by atoms with Gasteiger partial charge in [0.25, 0.3) is 5.91 Å². The predicted octanol–water partition coefficient (Wildman–Crippen LogP) is 3.01. The van der Waals surface area contributed by atoms with Crippen LogP contribution in [0.2, 0.25) is 0 Å². The second-order valence-electron chi connectivity index (χ2n) is 3.77. The van der Waals surface area contributed by atoms with E-state index in [0.29, 0.717) is 10.2 Å². The highest BCUT2D eigenvalue weighted by Gasteiger charge is 2.10. The predicted molar refractivity (Wildman–Crippen MR) is 76.2 cm³/mol. The van der Waals surface area contributed by atoms with E-state index in [1.165, 1.54) is 0 Å². The van der Waals surface area contributed by atoms with Gasteiger partial charge >= 0.3 is 0 Å². The summed E-state index contributed by atoms with van der Waals surface area (Å²) in [6.45, 7) is 4.15. The van der Waals surface area contributed by atoms with E-state index in [0.717, 1.165) is 17.9 Å². The van der Waals surface area contributed by atoms with Gasteiger partial charge in [-0.15, -0.1) is 0 Å². The fourth-order valence-electron chi connectivity index (χ4n) is 1.38. The van der Waals surface area contributed by atoms with E-state index >= 15 is 0 Å². The molecule has 0 aliphatic heterocycles. The molecule has 0 radical (unpaired) electrons. The Bertz CT molecular complexity index is 417. The zero-order valence-corrected chi connectivity index (χ0v) is 11.8. The first-order valence-corrected chi connectivity index (χ1v) is 7.27. The van der Waals surface area contributed by atoms with E-state index in [2.05, 4.69) is 17.2 Å². The summed E-state index contributed by atoms with van der Waals surface area (Å²) in [5, 5.41) is 2.96. The molecule has 1 atom stereocenters. The summed E-state index contributed by atoms with van der Waals surface area (Å²) in [7, 11) is 0. The van der Waals surface area contributed by atoms with Crippen LogP contribution in [0.25, 0.3) is 0 Å². The zero-order chi connectivity index (χ0) is 12.7. The molecule has 0 spiro atoms. The SMILES string of the molecule is CCSCC[C@@H](C)NC(=O)c1ccc[nH]c1=S. The largest absolute Gasteiger partial charge is 0.352 e. The minimum atomic E-state index is -0.0964. The van der Waals surface area contributed by atoms with Gasteiger partial charge in [-0.25, -0.2) is 0 Å². The van der Waals surface area contributed by atoms with Crippen LogP contribution in [0.4, 0.5) is 0 Å². The zero-order valence-electron chi connectivity index (χ0n) is 10.2. The highest BCUT2D eigenvalue weighted by molar-refractivity contribution is 7.99. The van der Waals surface area contributed by atoms with Crippen molar-refractivity contribution in [3.05, 3.63) is 28.5 Å². The molecule has 0 saturated heterocycles. The van der Waals surface area contributed by atoms with Crippen LogP contribution >= 0.6 is 24.0 Å². The maximum absolute atomic E-state index is 11.9. The first-order chi connectivity index (χ1) is 8.15. The van der Waals surface area contributed by atoms with E-state index in [1.807, 2.05) is 18.7 Å². The average Bonchev–Trinajstić information content (AvgIpc) is 2.29. The maximum Gasteiger partial charge on any atom is 0.254 e. The Labute approximate surface area is 111 Å². The number of pyridine rings is 1. The summed E-state index contributed by atoms with van der Waals surface area (Å²) in [5.41, 5.74) is 0.539. The molecule has 5 heteroatoms. The molecule has 3 nitrogen and oxygen atoms in total. The van der Waals surface area contributed by atoms with E-state index < -0.39 is 0 Å². The summed E-state index contributed by atoms with van der Waals surface area (Å²) < 4.78 is 0.486. The van der Waals surface area contributed by atoms with Gasteiger partial charge < -0.3 is 10.3 Å². The number of thioether (sulfide) groups is 1. The van der Waals surface area contributed by atoms with Gasteiger partial charge in [0.05, 0.1) is 5.56 Å². The van der Waals surface area contributed by atoms with Gasteiger partial charge in [-0.05, 0) is 37.0 Å². The van der Waals surface area contributed by atoms with Gasteiger partial charge in [0.15, 0.2) is 0 Å². The Balaban J connectivity index is 2.49. The van der Waals surface area contributed by atoms with Crippen LogP contribution in [0.5, 0.6) is 0 Å². The number of carbonyl (C=O) groups is 1. The van der Waals surface area contributed by atoms with Crippen LogP contribution in [0.15, 0.2) is 18.3 Å². The summed E-state index contributed by atoms with van der Waals surface area (Å²) in [5.74, 6) is 2.09. The van der Waals surface area contributed by atoms with Crippen molar-refractivity contribution >= 4 is 29.9 Å². The third-order valence-electron chi connectivity index (χ3n) is 2.34. The number of nitrogens with one attached hydrogen (secondary N) is 2. The van der Waals surface area contributed by atoms with Gasteiger partial charge in [0.2, 0.25) is 0 Å². The molecule has 1 aromatic heterocycles. The minimum Gasteiger partial charge on any atom is -0.352 e. The van der Waals surface area contributed by atoms with Gasteiger partial charge in [0, 0.05) is 12.2 Å². The van der Waals surface area contributed by atoms with Crippen molar-refractivity contribution in [1.29, 1.82) is 0 Å². The van der Waals surface area contributed by atoms with Crippen LogP contribution in [-0.2, 0) is 0 Å². The number of hydrogen-bond acceptors (Lipinski definition) is 3. The van der Waals surface area contributed by atoms with E-state index in [1.54, 1.807) is 18.3 Å². The minimum absolute atomic E-state index is 0.0964. The normalized spacial score (nSPS) is 12.1. The highest BCUT2D eigenvalue weighted by atomic mass is 32.2. The Morgan fingerprint density at radius 1 is 1.65 bits per heavy atom. The Hall–Kier alpha value is -0.810. The number of aromatic nitrogens is 1. The molecule has 0 aromatic carbocycles. The highest BCUT2D eigenvalue weighted by Crippen LogP contribution is 2.05. The average molecular weight is 270 g/mol. The van der Waals surface area contributed by atoms with Crippen molar-refractivity contribution in [2.24, 2.45) is 0 Å². The van der Waals surface area contributed by atoms with E-state index in [4.69, 9.17) is 12.2 Å². The van der Waals surface area contributed by atoms with Crippen LogP contribution in [0, 0.1) is 4.64 Å². The number of aromatic amines is 1. The number of amides is 1. The van der Waals surface area contributed by atoms with Crippen LogP contribution in [0.1, 0.15) is 30.6 Å². The molecule has 1 aromatic rings. The lowest BCUT2D eigenvalue weighted by Crippen LogP contribution is -2.33. The molecule has 1 amide bonds. The number of hydrogen-bond donors (Lipinski definition) is 2. The third-order valence-corrected chi connectivity index (χ3v) is 3.61. The van der Waals surface area contributed by atoms with Crippen LogP contribution in [0.3, 0.4) is 0 Å². The Morgan fingerprint density at radius 3 is 3.06 bits per heavy atom. The van der Waals surface area contributed by atoms with Gasteiger partial charge in [-0.3, -0.25) is 4.79 Å². The summed E-state index contributed by atoms with van der Waals surface area (Å²) in [6.07, 6.45) is 2.70. The lowest BCUT2D eigenvalue weighted by molar-refractivity contribution is 0.0938. The molecule has 94 valence electrons. The molecular formula is C12H18N2OS2. The number of carbonyl (C=O) groups excluding carboxylic acids is 1. The number of rotatable bonds is 6. The topological polar surface area (TPSA) is 44.9 Å². The van der Waals surface area contributed by atoms with Crippen molar-refractivity contribution in [1.82, 2.24) is 10.3 Å². The van der Waals surface area contributed by atoms with Gasteiger partial charge in [-0.2, -0.15) is 11.8 Å². The standard InChI is InChI=1S/C12H18N2OS2/c1-3-17-8-6-9(2)14-11(15)10-5-4-7-13-12(10)16/h4-5,7,9H,3,6,8H2,1-2H3,(H,13,16)(H,14,15)/t9-/m1/s1. The monoisotopic (exact) mass is 270 g/mol. The first kappa shape index (κ1) is 14.3. The molecule has 1 rings (SSSR count). The van der Waals surface area contributed by atoms with E-state index in [9.17, 15) is 4.79 Å². The molecular weight excluding hydrogens is 252 g/mol. The van der Waals surface area contributed by atoms with E-state index in [-0.39, 0.29) is 11.9 Å². The molecule has 0 fully saturated rings. The van der Waals surface area contributed by atoms with Crippen molar-refractivity contribution in [3.8, 4) is 0 Å². The van der Waals surface area contributed by atoms with Gasteiger partial charge in [0.1, 0.15) is 4.64 Å². The lowest BCUT2D eigenvalue weighted by Gasteiger charge is -2.13. The Morgan fingerprint density at radius 2 is 2.41 bits per heavy atom.